The predicted octanol–water partition coefficient (Wildman–Crippen LogP) is 2.31. The minimum atomic E-state index is -0.0952. The van der Waals surface area contributed by atoms with Gasteiger partial charge >= 0.3 is 0 Å². The first-order valence-electron chi connectivity index (χ1n) is 6.03. The highest BCUT2D eigenvalue weighted by Crippen LogP contribution is 2.19. The molecule has 5 heteroatoms. The highest BCUT2D eigenvalue weighted by molar-refractivity contribution is 5.84. The van der Waals surface area contributed by atoms with Crippen LogP contribution in [0.25, 0.3) is 10.8 Å². The average Bonchev–Trinajstić information content (AvgIpc) is 2.68. The summed E-state index contributed by atoms with van der Waals surface area (Å²) in [6.45, 7) is 1.92. The summed E-state index contributed by atoms with van der Waals surface area (Å²) in [6.07, 6.45) is 1.88. The number of H-pyrrole nitrogens is 1. The van der Waals surface area contributed by atoms with Crippen molar-refractivity contribution in [2.24, 2.45) is 7.05 Å². The molecule has 0 amide bonds. The SMILES string of the molecule is Cc1nn(C)cc1Nc1cc2ccccc2c(=O)[nH]1. The van der Waals surface area contributed by atoms with Gasteiger partial charge < -0.3 is 10.3 Å². The number of pyridine rings is 1. The van der Waals surface area contributed by atoms with E-state index in [9.17, 15) is 4.79 Å². The molecule has 0 radical (unpaired) electrons. The predicted molar refractivity (Wildman–Crippen MR) is 75.8 cm³/mol. The van der Waals surface area contributed by atoms with E-state index in [0.717, 1.165) is 16.8 Å². The Labute approximate surface area is 109 Å². The summed E-state index contributed by atoms with van der Waals surface area (Å²) in [4.78, 5) is 14.8. The monoisotopic (exact) mass is 254 g/mol. The van der Waals surface area contributed by atoms with Crippen LogP contribution in [0.4, 0.5) is 11.5 Å². The molecule has 3 rings (SSSR count). The number of rotatable bonds is 2. The second kappa shape index (κ2) is 4.28. The number of hydrogen-bond donors (Lipinski definition) is 2. The number of aromatic amines is 1. The van der Waals surface area contributed by atoms with E-state index in [-0.39, 0.29) is 5.56 Å². The Bertz CT molecular complexity index is 801. The van der Waals surface area contributed by atoms with Crippen LogP contribution in [-0.4, -0.2) is 14.8 Å². The highest BCUT2D eigenvalue weighted by Gasteiger charge is 2.05. The van der Waals surface area contributed by atoms with Gasteiger partial charge in [0.1, 0.15) is 5.82 Å². The van der Waals surface area contributed by atoms with Gasteiger partial charge in [0.15, 0.2) is 0 Å². The maximum atomic E-state index is 12.0. The molecular weight excluding hydrogens is 240 g/mol. The molecule has 0 saturated carbocycles. The van der Waals surface area contributed by atoms with Gasteiger partial charge in [-0.3, -0.25) is 9.48 Å². The fourth-order valence-corrected chi connectivity index (χ4v) is 2.15. The first-order chi connectivity index (χ1) is 9.13. The Hall–Kier alpha value is -2.56. The maximum absolute atomic E-state index is 12.0. The molecule has 3 aromatic rings. The van der Waals surface area contributed by atoms with Crippen LogP contribution < -0.4 is 10.9 Å². The van der Waals surface area contributed by atoms with Crippen LogP contribution >= 0.6 is 0 Å². The van der Waals surface area contributed by atoms with Gasteiger partial charge in [0, 0.05) is 18.6 Å². The lowest BCUT2D eigenvalue weighted by molar-refractivity contribution is 0.756. The summed E-state index contributed by atoms with van der Waals surface area (Å²) in [5.74, 6) is 0.666. The molecule has 0 unspecified atom stereocenters. The van der Waals surface area contributed by atoms with Gasteiger partial charge in [0.2, 0.25) is 0 Å². The third kappa shape index (κ3) is 2.10. The molecule has 0 spiro atoms. The third-order valence-electron chi connectivity index (χ3n) is 3.04. The van der Waals surface area contributed by atoms with Crippen LogP contribution in [0.15, 0.2) is 41.3 Å². The number of aromatic nitrogens is 3. The second-order valence-electron chi connectivity index (χ2n) is 4.53. The van der Waals surface area contributed by atoms with Crippen LogP contribution in [0, 0.1) is 6.92 Å². The Balaban J connectivity index is 2.06. The first-order valence-corrected chi connectivity index (χ1v) is 6.03. The molecule has 0 fully saturated rings. The number of benzene rings is 1. The lowest BCUT2D eigenvalue weighted by atomic mass is 10.2. The molecule has 0 atom stereocenters. The number of nitrogens with zero attached hydrogens (tertiary/aromatic N) is 2. The standard InChI is InChI=1S/C14H14N4O/c1-9-12(8-18(2)17-9)15-13-7-10-5-3-4-6-11(10)14(19)16-13/h3-8H,1-2H3,(H2,15,16,19). The lowest BCUT2D eigenvalue weighted by Crippen LogP contribution is -2.08. The Kier molecular flexibility index (Phi) is 2.59. The van der Waals surface area contributed by atoms with Crippen molar-refractivity contribution in [1.82, 2.24) is 14.8 Å². The molecule has 0 saturated heterocycles. The number of aryl methyl sites for hydroxylation is 2. The van der Waals surface area contributed by atoms with Crippen LogP contribution in [0.2, 0.25) is 0 Å². The Morgan fingerprint density at radius 3 is 2.84 bits per heavy atom. The van der Waals surface area contributed by atoms with Crippen LogP contribution in [0.1, 0.15) is 5.69 Å². The summed E-state index contributed by atoms with van der Waals surface area (Å²) in [6, 6.07) is 9.43. The van der Waals surface area contributed by atoms with Gasteiger partial charge in [-0.1, -0.05) is 18.2 Å². The van der Waals surface area contributed by atoms with Gasteiger partial charge in [-0.05, 0) is 24.4 Å². The zero-order chi connectivity index (χ0) is 13.4. The molecule has 0 aliphatic heterocycles. The minimum absolute atomic E-state index is 0.0952. The first kappa shape index (κ1) is 11.5. The van der Waals surface area contributed by atoms with E-state index in [4.69, 9.17) is 0 Å². The van der Waals surface area contributed by atoms with Gasteiger partial charge in [-0.15, -0.1) is 0 Å². The van der Waals surface area contributed by atoms with Crippen molar-refractivity contribution >= 4 is 22.3 Å². The van der Waals surface area contributed by atoms with Crippen molar-refractivity contribution in [1.29, 1.82) is 0 Å². The molecule has 1 aromatic carbocycles. The van der Waals surface area contributed by atoms with Gasteiger partial charge in [-0.2, -0.15) is 5.10 Å². The van der Waals surface area contributed by atoms with Gasteiger partial charge in [-0.25, -0.2) is 0 Å². The zero-order valence-electron chi connectivity index (χ0n) is 10.8. The largest absolute Gasteiger partial charge is 0.339 e. The smallest absolute Gasteiger partial charge is 0.257 e. The number of hydrogen-bond acceptors (Lipinski definition) is 3. The maximum Gasteiger partial charge on any atom is 0.257 e. The molecule has 19 heavy (non-hydrogen) atoms. The van der Waals surface area contributed by atoms with Crippen LogP contribution in [0.3, 0.4) is 0 Å². The summed E-state index contributed by atoms with van der Waals surface area (Å²) >= 11 is 0. The van der Waals surface area contributed by atoms with E-state index in [1.165, 1.54) is 0 Å². The number of nitrogens with one attached hydrogen (secondary N) is 2. The molecule has 96 valence electrons. The molecule has 2 N–H and O–H groups in total. The van der Waals surface area contributed by atoms with E-state index in [1.54, 1.807) is 4.68 Å². The Morgan fingerprint density at radius 2 is 2.11 bits per heavy atom. The molecule has 5 nitrogen and oxygen atoms in total. The van der Waals surface area contributed by atoms with Crippen molar-refractivity contribution in [2.75, 3.05) is 5.32 Å². The molecule has 2 heterocycles. The van der Waals surface area contributed by atoms with E-state index in [1.807, 2.05) is 50.5 Å². The normalized spacial score (nSPS) is 10.8. The second-order valence-corrected chi connectivity index (χ2v) is 4.53. The van der Waals surface area contributed by atoms with Gasteiger partial charge in [0.25, 0.3) is 5.56 Å². The van der Waals surface area contributed by atoms with E-state index in [2.05, 4.69) is 15.4 Å². The zero-order valence-corrected chi connectivity index (χ0v) is 10.8. The van der Waals surface area contributed by atoms with E-state index in [0.29, 0.717) is 11.2 Å². The third-order valence-corrected chi connectivity index (χ3v) is 3.04. The Morgan fingerprint density at radius 1 is 1.32 bits per heavy atom. The highest BCUT2D eigenvalue weighted by atomic mass is 16.1. The fourth-order valence-electron chi connectivity index (χ4n) is 2.15. The van der Waals surface area contributed by atoms with Crippen molar-refractivity contribution in [3.63, 3.8) is 0 Å². The minimum Gasteiger partial charge on any atom is -0.339 e. The van der Waals surface area contributed by atoms with E-state index < -0.39 is 0 Å². The van der Waals surface area contributed by atoms with Crippen LogP contribution in [0.5, 0.6) is 0 Å². The fraction of sp³-hybridized carbons (Fsp3) is 0.143. The molecular formula is C14H14N4O. The van der Waals surface area contributed by atoms with Crippen molar-refractivity contribution in [3.8, 4) is 0 Å². The molecule has 0 aliphatic carbocycles. The van der Waals surface area contributed by atoms with Crippen molar-refractivity contribution in [2.45, 2.75) is 6.92 Å². The molecule has 2 aromatic heterocycles. The topological polar surface area (TPSA) is 62.7 Å². The lowest BCUT2D eigenvalue weighted by Gasteiger charge is -2.06. The quantitative estimate of drug-likeness (QED) is 0.737. The average molecular weight is 254 g/mol. The van der Waals surface area contributed by atoms with E-state index >= 15 is 0 Å². The van der Waals surface area contributed by atoms with Gasteiger partial charge in [0.05, 0.1) is 11.4 Å². The van der Waals surface area contributed by atoms with Crippen molar-refractivity contribution < 1.29 is 0 Å². The number of fused-ring (bicyclic) bond motifs is 1. The molecule has 0 bridgehead atoms. The van der Waals surface area contributed by atoms with Crippen molar-refractivity contribution in [3.05, 3.63) is 52.6 Å². The summed E-state index contributed by atoms with van der Waals surface area (Å²) < 4.78 is 1.73. The molecule has 0 aliphatic rings. The number of anilines is 2. The summed E-state index contributed by atoms with van der Waals surface area (Å²) in [5, 5.41) is 9.04. The van der Waals surface area contributed by atoms with Crippen LogP contribution in [-0.2, 0) is 7.05 Å². The summed E-state index contributed by atoms with van der Waals surface area (Å²) in [7, 11) is 1.86. The summed E-state index contributed by atoms with van der Waals surface area (Å²) in [5.41, 5.74) is 1.67.